The van der Waals surface area contributed by atoms with E-state index < -0.39 is 10.0 Å². The Hall–Kier alpha value is -1.79. The van der Waals surface area contributed by atoms with Gasteiger partial charge in [-0.05, 0) is 42.8 Å². The molecule has 0 atom stereocenters. The number of aryl methyl sites for hydroxylation is 1. The first-order chi connectivity index (χ1) is 8.88. The van der Waals surface area contributed by atoms with Crippen molar-refractivity contribution in [3.63, 3.8) is 0 Å². The van der Waals surface area contributed by atoms with Crippen LogP contribution in [0.3, 0.4) is 0 Å². The van der Waals surface area contributed by atoms with Gasteiger partial charge in [0.05, 0.1) is 5.02 Å². The van der Waals surface area contributed by atoms with Crippen LogP contribution < -0.4 is 10.5 Å². The average Bonchev–Trinajstić information content (AvgIpc) is 2.31. The number of rotatable bonds is 3. The number of pyridine rings is 1. The van der Waals surface area contributed by atoms with E-state index in [-0.39, 0.29) is 15.7 Å². The lowest BCUT2D eigenvalue weighted by Crippen LogP contribution is -2.14. The molecule has 2 rings (SSSR count). The maximum absolute atomic E-state index is 12.2. The van der Waals surface area contributed by atoms with Gasteiger partial charge in [-0.15, -0.1) is 0 Å². The summed E-state index contributed by atoms with van der Waals surface area (Å²) in [5, 5.41) is 0.106. The number of nitrogens with two attached hydrogens (primary N) is 1. The van der Waals surface area contributed by atoms with E-state index in [4.69, 9.17) is 17.3 Å². The van der Waals surface area contributed by atoms with Crippen LogP contribution in [0.1, 0.15) is 5.56 Å². The summed E-state index contributed by atoms with van der Waals surface area (Å²) < 4.78 is 26.8. The zero-order valence-corrected chi connectivity index (χ0v) is 11.7. The van der Waals surface area contributed by atoms with Gasteiger partial charge in [0.1, 0.15) is 10.7 Å². The SMILES string of the molecule is Cc1ccnc(NS(=O)(=O)c2cc(N)ccc2Cl)c1. The van der Waals surface area contributed by atoms with Gasteiger partial charge in [-0.3, -0.25) is 4.72 Å². The van der Waals surface area contributed by atoms with Crippen LogP contribution in [-0.4, -0.2) is 13.4 Å². The van der Waals surface area contributed by atoms with E-state index in [9.17, 15) is 8.42 Å². The van der Waals surface area contributed by atoms with Gasteiger partial charge >= 0.3 is 0 Å². The van der Waals surface area contributed by atoms with Gasteiger partial charge in [0.25, 0.3) is 10.0 Å². The van der Waals surface area contributed by atoms with E-state index in [0.29, 0.717) is 5.69 Å². The van der Waals surface area contributed by atoms with E-state index in [1.54, 1.807) is 12.1 Å². The van der Waals surface area contributed by atoms with Crippen molar-refractivity contribution >= 4 is 33.1 Å². The molecule has 0 aliphatic carbocycles. The summed E-state index contributed by atoms with van der Waals surface area (Å²) in [6, 6.07) is 7.67. The summed E-state index contributed by atoms with van der Waals surface area (Å²) in [4.78, 5) is 3.87. The Balaban J connectivity index is 2.40. The highest BCUT2D eigenvalue weighted by Gasteiger charge is 2.18. The predicted octanol–water partition coefficient (Wildman–Crippen LogP) is 2.43. The second kappa shape index (κ2) is 5.07. The summed E-state index contributed by atoms with van der Waals surface area (Å²) in [7, 11) is -3.81. The Kier molecular flexibility index (Phi) is 3.64. The van der Waals surface area contributed by atoms with Gasteiger partial charge in [0.15, 0.2) is 0 Å². The first kappa shape index (κ1) is 13.6. The number of nitrogens with zero attached hydrogens (tertiary/aromatic N) is 1. The van der Waals surface area contributed by atoms with Crippen molar-refractivity contribution < 1.29 is 8.42 Å². The largest absolute Gasteiger partial charge is 0.399 e. The zero-order valence-electron chi connectivity index (χ0n) is 10.1. The normalized spacial score (nSPS) is 11.3. The van der Waals surface area contributed by atoms with Crippen molar-refractivity contribution in [2.75, 3.05) is 10.5 Å². The molecule has 2 aromatic rings. The molecule has 0 radical (unpaired) electrons. The second-order valence-electron chi connectivity index (χ2n) is 4.01. The molecule has 0 saturated carbocycles. The molecule has 0 fully saturated rings. The molecule has 0 saturated heterocycles. The highest BCUT2D eigenvalue weighted by molar-refractivity contribution is 7.92. The van der Waals surface area contributed by atoms with Crippen molar-refractivity contribution in [3.8, 4) is 0 Å². The number of aromatic nitrogens is 1. The third kappa shape index (κ3) is 3.15. The number of anilines is 2. The molecule has 1 aromatic heterocycles. The van der Waals surface area contributed by atoms with Crippen LogP contribution in [-0.2, 0) is 10.0 Å². The fourth-order valence-electron chi connectivity index (χ4n) is 1.51. The molecule has 0 amide bonds. The van der Waals surface area contributed by atoms with Gasteiger partial charge in [-0.1, -0.05) is 11.6 Å². The molecule has 7 heteroatoms. The fourth-order valence-corrected chi connectivity index (χ4v) is 3.05. The predicted molar refractivity (Wildman–Crippen MR) is 75.6 cm³/mol. The highest BCUT2D eigenvalue weighted by Crippen LogP contribution is 2.25. The van der Waals surface area contributed by atoms with Gasteiger partial charge in [0.2, 0.25) is 0 Å². The van der Waals surface area contributed by atoms with Crippen LogP contribution in [0.2, 0.25) is 5.02 Å². The lowest BCUT2D eigenvalue weighted by molar-refractivity contribution is 0.601. The Labute approximate surface area is 116 Å². The lowest BCUT2D eigenvalue weighted by Gasteiger charge is -2.09. The van der Waals surface area contributed by atoms with Crippen molar-refractivity contribution in [2.24, 2.45) is 0 Å². The average molecular weight is 298 g/mol. The third-order valence-corrected chi connectivity index (χ3v) is 4.24. The van der Waals surface area contributed by atoms with E-state index in [1.807, 2.05) is 6.92 Å². The summed E-state index contributed by atoms with van der Waals surface area (Å²) in [5.74, 6) is 0.235. The Bertz CT molecular complexity index is 717. The topological polar surface area (TPSA) is 85.1 Å². The summed E-state index contributed by atoms with van der Waals surface area (Å²) in [5.41, 5.74) is 6.79. The van der Waals surface area contributed by atoms with Crippen molar-refractivity contribution in [1.29, 1.82) is 0 Å². The zero-order chi connectivity index (χ0) is 14.0. The molecular weight excluding hydrogens is 286 g/mol. The van der Waals surface area contributed by atoms with E-state index in [0.717, 1.165) is 5.56 Å². The summed E-state index contributed by atoms with van der Waals surface area (Å²) in [6.45, 7) is 1.84. The number of nitrogen functional groups attached to an aromatic ring is 1. The van der Waals surface area contributed by atoms with Crippen molar-refractivity contribution in [3.05, 3.63) is 47.1 Å². The lowest BCUT2D eigenvalue weighted by atomic mass is 10.3. The molecule has 0 unspecified atom stereocenters. The first-order valence-corrected chi connectivity index (χ1v) is 7.25. The molecule has 100 valence electrons. The molecule has 5 nitrogen and oxygen atoms in total. The van der Waals surface area contributed by atoms with Crippen molar-refractivity contribution in [1.82, 2.24) is 4.98 Å². The van der Waals surface area contributed by atoms with Gasteiger partial charge < -0.3 is 5.73 Å². The first-order valence-electron chi connectivity index (χ1n) is 5.39. The molecule has 19 heavy (non-hydrogen) atoms. The number of hydrogen-bond donors (Lipinski definition) is 2. The van der Waals surface area contributed by atoms with E-state index >= 15 is 0 Å². The van der Waals surface area contributed by atoms with Gasteiger partial charge in [0, 0.05) is 11.9 Å². The van der Waals surface area contributed by atoms with E-state index in [2.05, 4.69) is 9.71 Å². The molecule has 0 aliphatic rings. The highest BCUT2D eigenvalue weighted by atomic mass is 35.5. The number of benzene rings is 1. The fraction of sp³-hybridized carbons (Fsp3) is 0.0833. The summed E-state index contributed by atoms with van der Waals surface area (Å²) >= 11 is 5.88. The number of sulfonamides is 1. The molecule has 0 spiro atoms. The van der Waals surface area contributed by atoms with Gasteiger partial charge in [-0.25, -0.2) is 13.4 Å². The minimum absolute atomic E-state index is 0.0718. The molecular formula is C12H12ClN3O2S. The summed E-state index contributed by atoms with van der Waals surface area (Å²) in [6.07, 6.45) is 1.52. The molecule has 1 heterocycles. The van der Waals surface area contributed by atoms with Crippen molar-refractivity contribution in [2.45, 2.75) is 11.8 Å². The monoisotopic (exact) mass is 297 g/mol. The Morgan fingerprint density at radius 1 is 1.26 bits per heavy atom. The quantitative estimate of drug-likeness (QED) is 0.852. The molecule has 1 aromatic carbocycles. The van der Waals surface area contributed by atoms with Crippen LogP contribution in [0.4, 0.5) is 11.5 Å². The molecule has 0 aliphatic heterocycles. The Morgan fingerprint density at radius 2 is 2.00 bits per heavy atom. The minimum Gasteiger partial charge on any atom is -0.399 e. The van der Waals surface area contributed by atoms with E-state index in [1.165, 1.54) is 24.4 Å². The van der Waals surface area contributed by atoms with Crippen LogP contribution in [0, 0.1) is 6.92 Å². The van der Waals surface area contributed by atoms with Crippen LogP contribution in [0.5, 0.6) is 0 Å². The standard InChI is InChI=1S/C12H12ClN3O2S/c1-8-4-5-15-12(6-8)16-19(17,18)11-7-9(14)2-3-10(11)13/h2-7H,14H2,1H3,(H,15,16). The number of nitrogens with one attached hydrogen (secondary N) is 1. The molecule has 3 N–H and O–H groups in total. The van der Waals surface area contributed by atoms with Crippen LogP contribution in [0.15, 0.2) is 41.4 Å². The maximum atomic E-state index is 12.2. The number of halogens is 1. The molecule has 0 bridgehead atoms. The second-order valence-corrected chi connectivity index (χ2v) is 6.07. The third-order valence-electron chi connectivity index (χ3n) is 2.40. The Morgan fingerprint density at radius 3 is 2.68 bits per heavy atom. The minimum atomic E-state index is -3.81. The van der Waals surface area contributed by atoms with Crippen LogP contribution in [0.25, 0.3) is 0 Å². The van der Waals surface area contributed by atoms with Crippen LogP contribution >= 0.6 is 11.6 Å². The van der Waals surface area contributed by atoms with Gasteiger partial charge in [-0.2, -0.15) is 0 Å². The number of hydrogen-bond acceptors (Lipinski definition) is 4. The smallest absolute Gasteiger partial charge is 0.264 e. The maximum Gasteiger partial charge on any atom is 0.264 e.